The molecule has 0 saturated heterocycles. The van der Waals surface area contributed by atoms with E-state index in [0.717, 1.165) is 5.69 Å². The quantitative estimate of drug-likeness (QED) is 0.618. The molecule has 3 heteroatoms. The van der Waals surface area contributed by atoms with Crippen LogP contribution in [0.3, 0.4) is 0 Å². The van der Waals surface area contributed by atoms with Crippen molar-refractivity contribution in [2.45, 2.75) is 19.4 Å². The molecule has 0 radical (unpaired) electrons. The molecular formula is C10H16N2O. The third kappa shape index (κ3) is 2.95. The first-order chi connectivity index (χ1) is 6.03. The zero-order valence-electron chi connectivity index (χ0n) is 8.04. The summed E-state index contributed by atoms with van der Waals surface area (Å²) in [6.07, 6.45) is 0. The number of hydrogen-bond acceptors (Lipinski definition) is 3. The van der Waals surface area contributed by atoms with Gasteiger partial charge in [-0.1, -0.05) is 0 Å². The van der Waals surface area contributed by atoms with Crippen molar-refractivity contribution in [1.82, 2.24) is 0 Å². The normalized spacial score (nSPS) is 11.3. The molecule has 0 spiro atoms. The summed E-state index contributed by atoms with van der Waals surface area (Å²) in [6, 6.07) is 6.95. The Balaban J connectivity index is 2.69. The number of benzene rings is 1. The molecule has 13 heavy (non-hydrogen) atoms. The van der Waals surface area contributed by atoms with E-state index < -0.39 is 0 Å². The van der Waals surface area contributed by atoms with Crippen LogP contribution in [0.2, 0.25) is 0 Å². The summed E-state index contributed by atoms with van der Waals surface area (Å²) in [5.41, 5.74) is 6.42. The molecule has 1 aromatic rings. The molecule has 4 N–H and O–H groups in total. The summed E-state index contributed by atoms with van der Waals surface area (Å²) in [6.45, 7) is 4.62. The Morgan fingerprint density at radius 2 is 1.85 bits per heavy atom. The molecule has 0 heterocycles. The molecule has 3 nitrogen and oxygen atoms in total. The van der Waals surface area contributed by atoms with Crippen LogP contribution >= 0.6 is 0 Å². The molecule has 0 fully saturated rings. The summed E-state index contributed by atoms with van der Waals surface area (Å²) >= 11 is 0. The molecule has 1 aromatic carbocycles. The lowest BCUT2D eigenvalue weighted by Gasteiger charge is -2.25. The van der Waals surface area contributed by atoms with Crippen LogP contribution in [0, 0.1) is 0 Å². The second-order valence-corrected chi connectivity index (χ2v) is 3.76. The van der Waals surface area contributed by atoms with E-state index in [1.54, 1.807) is 12.1 Å². The van der Waals surface area contributed by atoms with E-state index in [-0.39, 0.29) is 11.3 Å². The smallest absolute Gasteiger partial charge is 0.115 e. The Morgan fingerprint density at radius 3 is 2.31 bits per heavy atom. The minimum absolute atomic E-state index is 0.114. The number of aromatic hydroxyl groups is 1. The third-order valence-corrected chi connectivity index (χ3v) is 1.86. The minimum Gasteiger partial charge on any atom is -0.508 e. The highest BCUT2D eigenvalue weighted by Crippen LogP contribution is 2.17. The van der Waals surface area contributed by atoms with E-state index in [1.165, 1.54) is 0 Å². The van der Waals surface area contributed by atoms with Gasteiger partial charge in [0.05, 0.1) is 0 Å². The van der Waals surface area contributed by atoms with E-state index in [4.69, 9.17) is 10.8 Å². The molecule has 0 aliphatic heterocycles. The first-order valence-corrected chi connectivity index (χ1v) is 4.31. The maximum Gasteiger partial charge on any atom is 0.115 e. The second-order valence-electron chi connectivity index (χ2n) is 3.76. The van der Waals surface area contributed by atoms with Gasteiger partial charge in [-0.25, -0.2) is 0 Å². The minimum atomic E-state index is -0.114. The van der Waals surface area contributed by atoms with Gasteiger partial charge in [0, 0.05) is 17.8 Å². The number of phenols is 1. The SMILES string of the molecule is CC(C)(CN)Nc1ccc(O)cc1. The van der Waals surface area contributed by atoms with Crippen LogP contribution in [0.4, 0.5) is 5.69 Å². The summed E-state index contributed by atoms with van der Waals surface area (Å²) in [5.74, 6) is 0.274. The zero-order chi connectivity index (χ0) is 9.90. The van der Waals surface area contributed by atoms with Crippen molar-refractivity contribution in [3.8, 4) is 5.75 Å². The average Bonchev–Trinajstić information content (AvgIpc) is 2.09. The van der Waals surface area contributed by atoms with Gasteiger partial charge in [-0.05, 0) is 38.1 Å². The summed E-state index contributed by atoms with van der Waals surface area (Å²) in [7, 11) is 0. The number of anilines is 1. The maximum atomic E-state index is 9.06. The molecule has 0 amide bonds. The van der Waals surface area contributed by atoms with Gasteiger partial charge in [-0.3, -0.25) is 0 Å². The highest BCUT2D eigenvalue weighted by molar-refractivity contribution is 5.47. The van der Waals surface area contributed by atoms with Crippen molar-refractivity contribution >= 4 is 5.69 Å². The van der Waals surface area contributed by atoms with Gasteiger partial charge in [0.25, 0.3) is 0 Å². The standard InChI is InChI=1S/C10H16N2O/c1-10(2,7-11)12-8-3-5-9(13)6-4-8/h3-6,12-13H,7,11H2,1-2H3. The van der Waals surface area contributed by atoms with Crippen LogP contribution in [0.15, 0.2) is 24.3 Å². The average molecular weight is 180 g/mol. The van der Waals surface area contributed by atoms with Crippen molar-refractivity contribution in [2.75, 3.05) is 11.9 Å². The van der Waals surface area contributed by atoms with Crippen LogP contribution in [-0.2, 0) is 0 Å². The van der Waals surface area contributed by atoms with Gasteiger partial charge in [-0.15, -0.1) is 0 Å². The molecule has 0 aliphatic rings. The lowest BCUT2D eigenvalue weighted by Crippen LogP contribution is -2.39. The monoisotopic (exact) mass is 180 g/mol. The van der Waals surface area contributed by atoms with E-state index in [2.05, 4.69) is 5.32 Å². The number of hydrogen-bond donors (Lipinski definition) is 3. The summed E-state index contributed by atoms with van der Waals surface area (Å²) in [4.78, 5) is 0. The van der Waals surface area contributed by atoms with Gasteiger partial charge in [0.2, 0.25) is 0 Å². The van der Waals surface area contributed by atoms with Crippen molar-refractivity contribution < 1.29 is 5.11 Å². The topological polar surface area (TPSA) is 58.3 Å². The maximum absolute atomic E-state index is 9.06. The summed E-state index contributed by atoms with van der Waals surface area (Å²) in [5, 5.41) is 12.3. The Morgan fingerprint density at radius 1 is 1.31 bits per heavy atom. The van der Waals surface area contributed by atoms with Gasteiger partial charge in [0.15, 0.2) is 0 Å². The fourth-order valence-corrected chi connectivity index (χ4v) is 0.987. The molecule has 72 valence electrons. The number of nitrogens with two attached hydrogens (primary N) is 1. The number of rotatable bonds is 3. The second kappa shape index (κ2) is 3.66. The van der Waals surface area contributed by atoms with E-state index in [1.807, 2.05) is 26.0 Å². The van der Waals surface area contributed by atoms with Gasteiger partial charge >= 0.3 is 0 Å². The van der Waals surface area contributed by atoms with Gasteiger partial charge in [-0.2, -0.15) is 0 Å². The molecule has 0 saturated carbocycles. The molecule has 0 atom stereocenters. The van der Waals surface area contributed by atoms with Crippen molar-refractivity contribution in [3.05, 3.63) is 24.3 Å². The van der Waals surface area contributed by atoms with E-state index in [9.17, 15) is 0 Å². The van der Waals surface area contributed by atoms with Crippen LogP contribution < -0.4 is 11.1 Å². The van der Waals surface area contributed by atoms with Gasteiger partial charge < -0.3 is 16.2 Å². The highest BCUT2D eigenvalue weighted by Gasteiger charge is 2.13. The fraction of sp³-hybridized carbons (Fsp3) is 0.400. The molecule has 0 bridgehead atoms. The number of phenolic OH excluding ortho intramolecular Hbond substituents is 1. The molecule has 0 aromatic heterocycles. The largest absolute Gasteiger partial charge is 0.508 e. The predicted molar refractivity (Wildman–Crippen MR) is 54.9 cm³/mol. The first kappa shape index (κ1) is 9.86. The lowest BCUT2D eigenvalue weighted by molar-refractivity contribution is 0.475. The van der Waals surface area contributed by atoms with Crippen LogP contribution in [0.25, 0.3) is 0 Å². The highest BCUT2D eigenvalue weighted by atomic mass is 16.3. The number of nitrogens with one attached hydrogen (secondary N) is 1. The van der Waals surface area contributed by atoms with Crippen LogP contribution in [-0.4, -0.2) is 17.2 Å². The van der Waals surface area contributed by atoms with E-state index in [0.29, 0.717) is 6.54 Å². The van der Waals surface area contributed by atoms with Crippen molar-refractivity contribution in [1.29, 1.82) is 0 Å². The van der Waals surface area contributed by atoms with Crippen LogP contribution in [0.1, 0.15) is 13.8 Å². The Bertz CT molecular complexity index is 267. The Hall–Kier alpha value is -1.22. The molecular weight excluding hydrogens is 164 g/mol. The molecule has 0 unspecified atom stereocenters. The lowest BCUT2D eigenvalue weighted by atomic mass is 10.1. The molecule has 0 aliphatic carbocycles. The zero-order valence-corrected chi connectivity index (χ0v) is 8.04. The summed E-state index contributed by atoms with van der Waals surface area (Å²) < 4.78 is 0. The third-order valence-electron chi connectivity index (χ3n) is 1.86. The van der Waals surface area contributed by atoms with Gasteiger partial charge in [0.1, 0.15) is 5.75 Å². The fourth-order valence-electron chi connectivity index (χ4n) is 0.987. The Labute approximate surface area is 78.6 Å². The van der Waals surface area contributed by atoms with Crippen molar-refractivity contribution in [3.63, 3.8) is 0 Å². The molecule has 1 rings (SSSR count). The first-order valence-electron chi connectivity index (χ1n) is 4.31. The van der Waals surface area contributed by atoms with Crippen LogP contribution in [0.5, 0.6) is 5.75 Å². The van der Waals surface area contributed by atoms with E-state index >= 15 is 0 Å². The Kier molecular flexibility index (Phi) is 2.78. The predicted octanol–water partition coefficient (Wildman–Crippen LogP) is 1.54. The van der Waals surface area contributed by atoms with Crippen molar-refractivity contribution in [2.24, 2.45) is 5.73 Å².